The summed E-state index contributed by atoms with van der Waals surface area (Å²) in [6.45, 7) is 0. The Morgan fingerprint density at radius 3 is 2.89 bits per heavy atom. The molecule has 5 nitrogen and oxygen atoms in total. The summed E-state index contributed by atoms with van der Waals surface area (Å²) in [7, 11) is 0. The van der Waals surface area contributed by atoms with Crippen LogP contribution in [0.15, 0.2) is 18.2 Å². The van der Waals surface area contributed by atoms with E-state index in [1.165, 1.54) is 0 Å². The first kappa shape index (κ1) is 12.2. The lowest BCUT2D eigenvalue weighted by molar-refractivity contribution is -0.115. The lowest BCUT2D eigenvalue weighted by Crippen LogP contribution is -2.28. The molecule has 0 bridgehead atoms. The molecule has 2 aliphatic rings. The summed E-state index contributed by atoms with van der Waals surface area (Å²) in [5.41, 5.74) is 4.64. The molecule has 1 aliphatic carbocycles. The van der Waals surface area contributed by atoms with Crippen molar-refractivity contribution in [2.24, 2.45) is 0 Å². The summed E-state index contributed by atoms with van der Waals surface area (Å²) in [6, 6.07) is 5.21. The van der Waals surface area contributed by atoms with Gasteiger partial charge in [0.25, 0.3) is 5.91 Å². The first-order valence-electron chi connectivity index (χ1n) is 6.61. The van der Waals surface area contributed by atoms with Crippen LogP contribution in [0.25, 0.3) is 0 Å². The van der Waals surface area contributed by atoms with Gasteiger partial charge in [0, 0.05) is 11.3 Å². The SMILES string of the molecule is O=C1Cc2ccc(C(=O)NOC3CCCC3)cc2N1. The zero-order valence-electron chi connectivity index (χ0n) is 10.6. The van der Waals surface area contributed by atoms with Crippen molar-refractivity contribution in [2.75, 3.05) is 5.32 Å². The molecule has 1 aromatic rings. The predicted octanol–water partition coefficient (Wildman–Crippen LogP) is 1.79. The fourth-order valence-electron chi connectivity index (χ4n) is 2.56. The zero-order valence-corrected chi connectivity index (χ0v) is 10.6. The van der Waals surface area contributed by atoms with Crippen LogP contribution in [0.3, 0.4) is 0 Å². The monoisotopic (exact) mass is 260 g/mol. The van der Waals surface area contributed by atoms with E-state index in [2.05, 4.69) is 10.8 Å². The minimum Gasteiger partial charge on any atom is -0.326 e. The van der Waals surface area contributed by atoms with Crippen LogP contribution in [-0.2, 0) is 16.1 Å². The highest BCUT2D eigenvalue weighted by Crippen LogP contribution is 2.24. The molecule has 0 saturated heterocycles. The highest BCUT2D eigenvalue weighted by Gasteiger charge is 2.20. The van der Waals surface area contributed by atoms with E-state index in [4.69, 9.17) is 4.84 Å². The number of fused-ring (bicyclic) bond motifs is 1. The number of carbonyl (C=O) groups is 2. The van der Waals surface area contributed by atoms with E-state index in [0.717, 1.165) is 36.9 Å². The van der Waals surface area contributed by atoms with Gasteiger partial charge in [-0.25, -0.2) is 5.48 Å². The topological polar surface area (TPSA) is 67.4 Å². The maximum Gasteiger partial charge on any atom is 0.274 e. The van der Waals surface area contributed by atoms with Crippen LogP contribution in [0.1, 0.15) is 41.6 Å². The largest absolute Gasteiger partial charge is 0.326 e. The summed E-state index contributed by atoms with van der Waals surface area (Å²) < 4.78 is 0. The predicted molar refractivity (Wildman–Crippen MR) is 69.6 cm³/mol. The van der Waals surface area contributed by atoms with E-state index >= 15 is 0 Å². The van der Waals surface area contributed by atoms with Gasteiger partial charge in [0.15, 0.2) is 0 Å². The molecule has 0 unspecified atom stereocenters. The maximum atomic E-state index is 11.9. The molecule has 1 fully saturated rings. The van der Waals surface area contributed by atoms with Gasteiger partial charge in [-0.15, -0.1) is 0 Å². The van der Waals surface area contributed by atoms with Crippen LogP contribution in [0, 0.1) is 0 Å². The van der Waals surface area contributed by atoms with Gasteiger partial charge in [0.05, 0.1) is 12.5 Å². The van der Waals surface area contributed by atoms with Gasteiger partial charge in [-0.2, -0.15) is 0 Å². The Labute approximate surface area is 111 Å². The van der Waals surface area contributed by atoms with Gasteiger partial charge in [0.1, 0.15) is 0 Å². The third-order valence-corrected chi connectivity index (χ3v) is 3.62. The Morgan fingerprint density at radius 1 is 1.32 bits per heavy atom. The summed E-state index contributed by atoms with van der Waals surface area (Å²) >= 11 is 0. The number of hydrogen-bond acceptors (Lipinski definition) is 3. The third-order valence-electron chi connectivity index (χ3n) is 3.62. The molecule has 1 aliphatic heterocycles. The van der Waals surface area contributed by atoms with Gasteiger partial charge in [-0.1, -0.05) is 18.9 Å². The van der Waals surface area contributed by atoms with Crippen molar-refractivity contribution in [2.45, 2.75) is 38.2 Å². The lowest BCUT2D eigenvalue weighted by atomic mass is 10.1. The standard InChI is InChI=1S/C14H16N2O3/c17-13-8-9-5-6-10(7-12(9)15-13)14(18)16-19-11-3-1-2-4-11/h5-7,11H,1-4,8H2,(H,15,17)(H,16,18). The lowest BCUT2D eigenvalue weighted by Gasteiger charge is -2.11. The molecule has 2 N–H and O–H groups in total. The van der Waals surface area contributed by atoms with E-state index in [9.17, 15) is 9.59 Å². The Balaban J connectivity index is 1.63. The molecule has 19 heavy (non-hydrogen) atoms. The molecule has 0 aromatic heterocycles. The molecule has 0 radical (unpaired) electrons. The van der Waals surface area contributed by atoms with Crippen molar-refractivity contribution < 1.29 is 14.4 Å². The summed E-state index contributed by atoms with van der Waals surface area (Å²) in [5, 5.41) is 2.73. The second-order valence-corrected chi connectivity index (χ2v) is 5.05. The number of nitrogens with one attached hydrogen (secondary N) is 2. The van der Waals surface area contributed by atoms with Crippen LogP contribution in [0.2, 0.25) is 0 Å². The fraction of sp³-hybridized carbons (Fsp3) is 0.429. The van der Waals surface area contributed by atoms with Crippen molar-refractivity contribution in [3.8, 4) is 0 Å². The summed E-state index contributed by atoms with van der Waals surface area (Å²) in [6.07, 6.45) is 4.84. The molecule has 1 saturated carbocycles. The average molecular weight is 260 g/mol. The number of anilines is 1. The van der Waals surface area contributed by atoms with Crippen molar-refractivity contribution in [1.82, 2.24) is 5.48 Å². The smallest absolute Gasteiger partial charge is 0.274 e. The fourth-order valence-corrected chi connectivity index (χ4v) is 2.56. The minimum atomic E-state index is -0.268. The molecule has 2 amide bonds. The van der Waals surface area contributed by atoms with E-state index in [0.29, 0.717) is 12.0 Å². The van der Waals surface area contributed by atoms with Crippen LogP contribution in [0.4, 0.5) is 5.69 Å². The van der Waals surface area contributed by atoms with Crippen LogP contribution in [0.5, 0.6) is 0 Å². The van der Waals surface area contributed by atoms with E-state index < -0.39 is 0 Å². The molecule has 5 heteroatoms. The number of hydrogen-bond donors (Lipinski definition) is 2. The summed E-state index contributed by atoms with van der Waals surface area (Å²) in [5.74, 6) is -0.300. The van der Waals surface area contributed by atoms with Crippen LogP contribution < -0.4 is 10.8 Å². The van der Waals surface area contributed by atoms with Gasteiger partial charge in [-0.3, -0.25) is 14.4 Å². The zero-order chi connectivity index (χ0) is 13.2. The Morgan fingerprint density at radius 2 is 2.11 bits per heavy atom. The highest BCUT2D eigenvalue weighted by atomic mass is 16.7. The van der Waals surface area contributed by atoms with Crippen molar-refractivity contribution in [3.63, 3.8) is 0 Å². The number of hydroxylamine groups is 1. The van der Waals surface area contributed by atoms with Gasteiger partial charge >= 0.3 is 0 Å². The maximum absolute atomic E-state index is 11.9. The Hall–Kier alpha value is -1.88. The number of amides is 2. The van der Waals surface area contributed by atoms with E-state index in [-0.39, 0.29) is 17.9 Å². The van der Waals surface area contributed by atoms with Crippen molar-refractivity contribution >= 4 is 17.5 Å². The molecule has 100 valence electrons. The average Bonchev–Trinajstić information content (AvgIpc) is 3.02. The third kappa shape index (κ3) is 2.61. The highest BCUT2D eigenvalue weighted by molar-refractivity contribution is 6.02. The van der Waals surface area contributed by atoms with E-state index in [1.807, 2.05) is 0 Å². The second-order valence-electron chi connectivity index (χ2n) is 5.05. The van der Waals surface area contributed by atoms with Crippen LogP contribution in [-0.4, -0.2) is 17.9 Å². The summed E-state index contributed by atoms with van der Waals surface area (Å²) in [4.78, 5) is 28.6. The van der Waals surface area contributed by atoms with Gasteiger partial charge in [0.2, 0.25) is 5.91 Å². The molecule has 0 spiro atoms. The van der Waals surface area contributed by atoms with Crippen molar-refractivity contribution in [1.29, 1.82) is 0 Å². The van der Waals surface area contributed by atoms with Gasteiger partial charge in [-0.05, 0) is 30.5 Å². The number of benzene rings is 1. The Bertz CT molecular complexity index is 521. The minimum absolute atomic E-state index is 0.0326. The normalized spacial score (nSPS) is 18.2. The van der Waals surface area contributed by atoms with Crippen molar-refractivity contribution in [3.05, 3.63) is 29.3 Å². The number of rotatable bonds is 3. The van der Waals surface area contributed by atoms with Gasteiger partial charge < -0.3 is 5.32 Å². The second kappa shape index (κ2) is 5.01. The number of carbonyl (C=O) groups excluding carboxylic acids is 2. The Kier molecular flexibility index (Phi) is 3.21. The first-order valence-corrected chi connectivity index (χ1v) is 6.61. The molecular weight excluding hydrogens is 244 g/mol. The molecular formula is C14H16N2O3. The molecule has 1 heterocycles. The molecule has 0 atom stereocenters. The quantitative estimate of drug-likeness (QED) is 0.814. The molecule has 1 aromatic carbocycles. The van der Waals surface area contributed by atoms with E-state index in [1.54, 1.807) is 18.2 Å². The molecule has 3 rings (SSSR count). The first-order chi connectivity index (χ1) is 9.22. The van der Waals surface area contributed by atoms with Crippen LogP contribution >= 0.6 is 0 Å².